The van der Waals surface area contributed by atoms with E-state index in [1.54, 1.807) is 11.3 Å². The highest BCUT2D eigenvalue weighted by atomic mass is 32.1. The molecule has 5 heteroatoms. The summed E-state index contributed by atoms with van der Waals surface area (Å²) in [4.78, 5) is 19.7. The van der Waals surface area contributed by atoms with E-state index in [1.165, 1.54) is 24.8 Å². The number of aryl methyl sites for hydroxylation is 1. The molecular weight excluding hydrogens is 342 g/mol. The minimum atomic E-state index is -0.0796. The number of nitrogens with zero attached hydrogens (tertiary/aromatic N) is 2. The second-order valence-corrected chi connectivity index (χ2v) is 7.74. The number of hydrogen-bond donors (Lipinski definition) is 1. The quantitative estimate of drug-likeness (QED) is 0.699. The Bertz CT molecular complexity index is 911. The number of anilines is 2. The summed E-state index contributed by atoms with van der Waals surface area (Å²) in [5.41, 5.74) is 3.73. The number of carbonyl (C=O) groups excluding carboxylic acids is 1. The van der Waals surface area contributed by atoms with Crippen LogP contribution in [0, 0.1) is 0 Å². The van der Waals surface area contributed by atoms with Gasteiger partial charge in [-0.3, -0.25) is 4.79 Å². The van der Waals surface area contributed by atoms with Crippen LogP contribution in [0.15, 0.2) is 42.5 Å². The first-order valence-electron chi connectivity index (χ1n) is 9.29. The molecule has 1 aliphatic heterocycles. The van der Waals surface area contributed by atoms with Crippen LogP contribution in [0.25, 0.3) is 10.2 Å². The molecule has 1 N–H and O–H groups in total. The molecule has 3 aromatic rings. The Kier molecular flexibility index (Phi) is 4.89. The third-order valence-corrected chi connectivity index (χ3v) is 5.96. The maximum absolute atomic E-state index is 12.6. The predicted molar refractivity (Wildman–Crippen MR) is 109 cm³/mol. The van der Waals surface area contributed by atoms with Gasteiger partial charge >= 0.3 is 0 Å². The Balaban J connectivity index is 1.52. The molecule has 0 radical (unpaired) electrons. The number of benzene rings is 2. The molecule has 4 nitrogen and oxygen atoms in total. The van der Waals surface area contributed by atoms with Crippen molar-refractivity contribution in [2.45, 2.75) is 32.6 Å². The Hall–Kier alpha value is -2.40. The van der Waals surface area contributed by atoms with E-state index in [0.29, 0.717) is 5.56 Å². The monoisotopic (exact) mass is 365 g/mol. The van der Waals surface area contributed by atoms with Gasteiger partial charge in [0.05, 0.1) is 10.2 Å². The zero-order valence-corrected chi connectivity index (χ0v) is 15.8. The lowest BCUT2D eigenvalue weighted by Crippen LogP contribution is -2.29. The number of rotatable bonds is 4. The average molecular weight is 366 g/mol. The molecule has 26 heavy (non-hydrogen) atoms. The lowest BCUT2D eigenvalue weighted by atomic mass is 10.1. The normalized spacial score (nSPS) is 14.6. The molecule has 134 valence electrons. The first-order chi connectivity index (χ1) is 12.7. The summed E-state index contributed by atoms with van der Waals surface area (Å²) in [5, 5.41) is 4.06. The third-order valence-electron chi connectivity index (χ3n) is 4.89. The highest BCUT2D eigenvalue weighted by Crippen LogP contribution is 2.31. The first kappa shape index (κ1) is 17.0. The van der Waals surface area contributed by atoms with E-state index < -0.39 is 0 Å². The summed E-state index contributed by atoms with van der Waals surface area (Å²) in [6.07, 6.45) is 4.78. The van der Waals surface area contributed by atoms with E-state index in [-0.39, 0.29) is 5.91 Å². The fourth-order valence-electron chi connectivity index (χ4n) is 3.30. The molecule has 0 spiro atoms. The van der Waals surface area contributed by atoms with Crippen molar-refractivity contribution in [1.29, 1.82) is 0 Å². The van der Waals surface area contributed by atoms with Gasteiger partial charge in [-0.05, 0) is 61.6 Å². The molecular formula is C21H23N3OS. The Morgan fingerprint density at radius 2 is 1.88 bits per heavy atom. The summed E-state index contributed by atoms with van der Waals surface area (Å²) >= 11 is 1.68. The molecule has 1 saturated heterocycles. The topological polar surface area (TPSA) is 45.2 Å². The maximum atomic E-state index is 12.6. The van der Waals surface area contributed by atoms with E-state index >= 15 is 0 Å². The van der Waals surface area contributed by atoms with Gasteiger partial charge in [-0.25, -0.2) is 4.98 Å². The van der Waals surface area contributed by atoms with Crippen LogP contribution in [0.2, 0.25) is 0 Å². The van der Waals surface area contributed by atoms with Crippen LogP contribution < -0.4 is 10.2 Å². The Morgan fingerprint density at radius 3 is 2.62 bits per heavy atom. The van der Waals surface area contributed by atoms with Crippen LogP contribution in [0.1, 0.15) is 42.1 Å². The van der Waals surface area contributed by atoms with Crippen molar-refractivity contribution in [3.8, 4) is 0 Å². The standard InChI is InChI=1S/C21H23N3OS/c1-2-15-6-9-17(10-7-15)22-20(25)16-8-11-18-19(14-16)26-21(23-18)24-12-4-3-5-13-24/h6-11,14H,2-5,12-13H2,1H3,(H,22,25). The van der Waals surface area contributed by atoms with Crippen molar-refractivity contribution < 1.29 is 4.79 Å². The van der Waals surface area contributed by atoms with E-state index in [2.05, 4.69) is 17.1 Å². The molecule has 2 aromatic carbocycles. The number of amides is 1. The number of hydrogen-bond acceptors (Lipinski definition) is 4. The van der Waals surface area contributed by atoms with Gasteiger partial charge in [0.25, 0.3) is 5.91 Å². The number of nitrogens with one attached hydrogen (secondary N) is 1. The van der Waals surface area contributed by atoms with Gasteiger partial charge in [-0.1, -0.05) is 30.4 Å². The van der Waals surface area contributed by atoms with E-state index in [1.807, 2.05) is 42.5 Å². The highest BCUT2D eigenvalue weighted by molar-refractivity contribution is 7.22. The van der Waals surface area contributed by atoms with Crippen LogP contribution >= 0.6 is 11.3 Å². The molecule has 1 aromatic heterocycles. The largest absolute Gasteiger partial charge is 0.348 e. The maximum Gasteiger partial charge on any atom is 0.255 e. The van der Waals surface area contributed by atoms with Gasteiger partial charge in [0.1, 0.15) is 0 Å². The van der Waals surface area contributed by atoms with Crippen molar-refractivity contribution in [2.75, 3.05) is 23.3 Å². The van der Waals surface area contributed by atoms with Crippen LogP contribution in [-0.2, 0) is 6.42 Å². The zero-order valence-electron chi connectivity index (χ0n) is 15.0. The second kappa shape index (κ2) is 7.46. The molecule has 1 fully saturated rings. The zero-order chi connectivity index (χ0) is 17.9. The van der Waals surface area contributed by atoms with Crippen molar-refractivity contribution in [3.63, 3.8) is 0 Å². The molecule has 1 aliphatic rings. The number of fused-ring (bicyclic) bond motifs is 1. The SMILES string of the molecule is CCc1ccc(NC(=O)c2ccc3nc(N4CCCCC4)sc3c2)cc1. The van der Waals surface area contributed by atoms with E-state index in [9.17, 15) is 4.79 Å². The predicted octanol–water partition coefficient (Wildman–Crippen LogP) is 5.10. The number of carbonyl (C=O) groups is 1. The van der Waals surface area contributed by atoms with Crippen molar-refractivity contribution in [1.82, 2.24) is 4.98 Å². The lowest BCUT2D eigenvalue weighted by Gasteiger charge is -2.25. The molecule has 4 rings (SSSR count). The minimum absolute atomic E-state index is 0.0796. The summed E-state index contributed by atoms with van der Waals surface area (Å²) in [6, 6.07) is 13.8. The molecule has 0 bridgehead atoms. The van der Waals surface area contributed by atoms with Gasteiger partial charge in [-0.2, -0.15) is 0 Å². The fraction of sp³-hybridized carbons (Fsp3) is 0.333. The number of thiazole rings is 1. The summed E-state index contributed by atoms with van der Waals surface area (Å²) in [6.45, 7) is 4.29. The van der Waals surface area contributed by atoms with Crippen molar-refractivity contribution >= 4 is 38.3 Å². The fourth-order valence-corrected chi connectivity index (χ4v) is 4.36. The van der Waals surface area contributed by atoms with E-state index in [4.69, 9.17) is 4.98 Å². The molecule has 0 aliphatic carbocycles. The summed E-state index contributed by atoms with van der Waals surface area (Å²) < 4.78 is 1.07. The summed E-state index contributed by atoms with van der Waals surface area (Å²) in [7, 11) is 0. The third kappa shape index (κ3) is 3.58. The van der Waals surface area contributed by atoms with Crippen molar-refractivity contribution in [3.05, 3.63) is 53.6 Å². The number of aromatic nitrogens is 1. The van der Waals surface area contributed by atoms with Gasteiger partial charge < -0.3 is 10.2 Å². The summed E-state index contributed by atoms with van der Waals surface area (Å²) in [5.74, 6) is -0.0796. The first-order valence-corrected chi connectivity index (χ1v) is 10.1. The molecule has 0 unspecified atom stereocenters. The smallest absolute Gasteiger partial charge is 0.255 e. The van der Waals surface area contributed by atoms with Crippen LogP contribution in [-0.4, -0.2) is 24.0 Å². The van der Waals surface area contributed by atoms with Crippen LogP contribution in [0.4, 0.5) is 10.8 Å². The van der Waals surface area contributed by atoms with Gasteiger partial charge in [0, 0.05) is 24.3 Å². The van der Waals surface area contributed by atoms with Crippen LogP contribution in [0.5, 0.6) is 0 Å². The Morgan fingerprint density at radius 1 is 1.12 bits per heavy atom. The second-order valence-electron chi connectivity index (χ2n) is 6.73. The molecule has 2 heterocycles. The molecule has 0 atom stereocenters. The molecule has 1 amide bonds. The average Bonchev–Trinajstić information content (AvgIpc) is 3.12. The van der Waals surface area contributed by atoms with Gasteiger partial charge in [0.2, 0.25) is 0 Å². The molecule has 0 saturated carbocycles. The minimum Gasteiger partial charge on any atom is -0.348 e. The number of piperidine rings is 1. The van der Waals surface area contributed by atoms with Crippen molar-refractivity contribution in [2.24, 2.45) is 0 Å². The lowest BCUT2D eigenvalue weighted by molar-refractivity contribution is 0.102. The van der Waals surface area contributed by atoms with Gasteiger partial charge in [0.15, 0.2) is 5.13 Å². The van der Waals surface area contributed by atoms with E-state index in [0.717, 1.165) is 40.5 Å². The van der Waals surface area contributed by atoms with Gasteiger partial charge in [-0.15, -0.1) is 0 Å². The highest BCUT2D eigenvalue weighted by Gasteiger charge is 2.16. The Labute approximate surface area is 157 Å². The van der Waals surface area contributed by atoms with Crippen LogP contribution in [0.3, 0.4) is 0 Å².